The molecule has 2 atom stereocenters. The predicted molar refractivity (Wildman–Crippen MR) is 130 cm³/mol. The molecule has 0 aliphatic heterocycles. The summed E-state index contributed by atoms with van der Waals surface area (Å²) in [6.45, 7) is 21.9. The fourth-order valence-electron chi connectivity index (χ4n) is 4.35. The van der Waals surface area contributed by atoms with E-state index < -0.39 is 0 Å². The Morgan fingerprint density at radius 2 is 0.871 bits per heavy atom. The highest BCUT2D eigenvalue weighted by atomic mass is 16.5. The highest BCUT2D eigenvalue weighted by Crippen LogP contribution is 2.26. The van der Waals surface area contributed by atoms with Gasteiger partial charge < -0.3 is 24.4 Å². The van der Waals surface area contributed by atoms with Gasteiger partial charge in [-0.25, -0.2) is 0 Å². The SMILES string of the molecule is CC(C)(C)OC(C)(C)CC(O)CCCCOCCCCC(O)CC(C)(C)OC(C)(C)C. The van der Waals surface area contributed by atoms with Crippen molar-refractivity contribution in [2.75, 3.05) is 13.2 Å². The van der Waals surface area contributed by atoms with Crippen molar-refractivity contribution < 1.29 is 24.4 Å². The second kappa shape index (κ2) is 13.5. The number of unbranched alkanes of at least 4 members (excludes halogenated alkanes) is 2. The van der Waals surface area contributed by atoms with Crippen LogP contribution in [0.1, 0.15) is 121 Å². The summed E-state index contributed by atoms with van der Waals surface area (Å²) in [7, 11) is 0. The second-order valence-electron chi connectivity index (χ2n) is 12.3. The van der Waals surface area contributed by atoms with E-state index in [-0.39, 0.29) is 34.6 Å². The molecular weight excluding hydrogens is 392 g/mol. The molecule has 2 unspecified atom stereocenters. The fraction of sp³-hybridized carbons (Fsp3) is 1.00. The average Bonchev–Trinajstić information content (AvgIpc) is 2.46. The largest absolute Gasteiger partial charge is 0.393 e. The third-order valence-corrected chi connectivity index (χ3v) is 4.77. The maximum Gasteiger partial charge on any atom is 0.0658 e. The molecule has 0 spiro atoms. The van der Waals surface area contributed by atoms with Gasteiger partial charge in [-0.2, -0.15) is 0 Å². The van der Waals surface area contributed by atoms with Crippen LogP contribution < -0.4 is 0 Å². The molecule has 0 aromatic heterocycles. The Balaban J connectivity index is 3.76. The van der Waals surface area contributed by atoms with Gasteiger partial charge >= 0.3 is 0 Å². The molecule has 0 fully saturated rings. The van der Waals surface area contributed by atoms with Crippen LogP contribution in [0.25, 0.3) is 0 Å². The molecule has 0 rings (SSSR count). The average molecular weight is 447 g/mol. The van der Waals surface area contributed by atoms with Crippen LogP contribution in [0.2, 0.25) is 0 Å². The molecule has 0 saturated heterocycles. The van der Waals surface area contributed by atoms with E-state index in [1.165, 1.54) is 0 Å². The van der Waals surface area contributed by atoms with Gasteiger partial charge in [-0.15, -0.1) is 0 Å². The molecule has 0 aliphatic rings. The summed E-state index contributed by atoms with van der Waals surface area (Å²) in [4.78, 5) is 0. The third-order valence-electron chi connectivity index (χ3n) is 4.77. The Morgan fingerprint density at radius 3 is 1.16 bits per heavy atom. The van der Waals surface area contributed by atoms with E-state index in [1.807, 2.05) is 69.2 Å². The zero-order valence-corrected chi connectivity index (χ0v) is 22.3. The van der Waals surface area contributed by atoms with Gasteiger partial charge in [0.2, 0.25) is 0 Å². The standard InChI is InChI=1S/C26H54O5/c1-23(2,3)30-25(7,8)19-21(27)15-11-13-17-29-18-14-12-16-22(28)20-26(9,10)31-24(4,5)6/h21-22,27-28H,11-20H2,1-10H3. The lowest BCUT2D eigenvalue weighted by Crippen LogP contribution is -2.37. The lowest BCUT2D eigenvalue weighted by molar-refractivity contribution is -0.130. The lowest BCUT2D eigenvalue weighted by Gasteiger charge is -2.35. The zero-order valence-electron chi connectivity index (χ0n) is 22.3. The Labute approximate surface area is 193 Å². The molecule has 0 aromatic rings. The van der Waals surface area contributed by atoms with Crippen LogP contribution in [0.15, 0.2) is 0 Å². The van der Waals surface area contributed by atoms with Crippen LogP contribution in [-0.2, 0) is 14.2 Å². The molecule has 2 N–H and O–H groups in total. The Morgan fingerprint density at radius 1 is 0.548 bits per heavy atom. The zero-order chi connectivity index (χ0) is 24.3. The van der Waals surface area contributed by atoms with Gasteiger partial charge in [-0.1, -0.05) is 0 Å². The summed E-state index contributed by atoms with van der Waals surface area (Å²) in [5.41, 5.74) is -1.06. The molecule has 0 bridgehead atoms. The number of ether oxygens (including phenoxy) is 3. The molecule has 0 saturated carbocycles. The van der Waals surface area contributed by atoms with Gasteiger partial charge in [0.15, 0.2) is 0 Å². The summed E-state index contributed by atoms with van der Waals surface area (Å²) in [5, 5.41) is 20.6. The minimum Gasteiger partial charge on any atom is -0.393 e. The molecule has 0 radical (unpaired) electrons. The summed E-state index contributed by atoms with van der Waals surface area (Å²) in [6, 6.07) is 0. The number of aliphatic hydroxyl groups excluding tert-OH is 2. The van der Waals surface area contributed by atoms with Crippen molar-refractivity contribution in [2.24, 2.45) is 0 Å². The number of aliphatic hydroxyl groups is 2. The van der Waals surface area contributed by atoms with E-state index in [2.05, 4.69) is 0 Å². The Kier molecular flexibility index (Phi) is 13.4. The van der Waals surface area contributed by atoms with Crippen molar-refractivity contribution in [3.63, 3.8) is 0 Å². The predicted octanol–water partition coefficient (Wildman–Crippen LogP) is 6.03. The van der Waals surface area contributed by atoms with Gasteiger partial charge in [0.25, 0.3) is 0 Å². The number of hydrogen-bond acceptors (Lipinski definition) is 5. The Hall–Kier alpha value is -0.200. The molecule has 0 amide bonds. The first-order chi connectivity index (χ1) is 13.9. The van der Waals surface area contributed by atoms with Gasteiger partial charge in [-0.3, -0.25) is 0 Å². The van der Waals surface area contributed by atoms with Crippen molar-refractivity contribution in [3.05, 3.63) is 0 Å². The molecule has 5 nitrogen and oxygen atoms in total. The van der Waals surface area contributed by atoms with Crippen molar-refractivity contribution >= 4 is 0 Å². The van der Waals surface area contributed by atoms with E-state index in [1.54, 1.807) is 0 Å². The van der Waals surface area contributed by atoms with Crippen LogP contribution in [-0.4, -0.2) is 58.0 Å². The van der Waals surface area contributed by atoms with E-state index >= 15 is 0 Å². The van der Waals surface area contributed by atoms with Gasteiger partial charge in [-0.05, 0) is 108 Å². The molecule has 5 heteroatoms. The van der Waals surface area contributed by atoms with Crippen LogP contribution in [0.4, 0.5) is 0 Å². The first kappa shape index (κ1) is 30.8. The summed E-state index contributed by atoms with van der Waals surface area (Å²) in [6.07, 6.45) is 5.98. The highest BCUT2D eigenvalue weighted by Gasteiger charge is 2.29. The maximum absolute atomic E-state index is 10.3. The van der Waals surface area contributed by atoms with E-state index in [9.17, 15) is 10.2 Å². The minimum atomic E-state index is -0.342. The van der Waals surface area contributed by atoms with Crippen molar-refractivity contribution in [1.82, 2.24) is 0 Å². The summed E-state index contributed by atoms with van der Waals surface area (Å²) >= 11 is 0. The first-order valence-electron chi connectivity index (χ1n) is 12.3. The van der Waals surface area contributed by atoms with Crippen molar-refractivity contribution in [2.45, 2.75) is 155 Å². The third kappa shape index (κ3) is 20.2. The quantitative estimate of drug-likeness (QED) is 0.283. The van der Waals surface area contributed by atoms with Crippen molar-refractivity contribution in [3.8, 4) is 0 Å². The molecule has 31 heavy (non-hydrogen) atoms. The van der Waals surface area contributed by atoms with Gasteiger partial charge in [0.05, 0.1) is 34.6 Å². The topological polar surface area (TPSA) is 68.2 Å². The van der Waals surface area contributed by atoms with Gasteiger partial charge in [0, 0.05) is 26.1 Å². The molecule has 0 aromatic carbocycles. The molecule has 0 heterocycles. The highest BCUT2D eigenvalue weighted by molar-refractivity contribution is 4.78. The minimum absolute atomic E-state index is 0.205. The smallest absolute Gasteiger partial charge is 0.0658 e. The fourth-order valence-corrected chi connectivity index (χ4v) is 4.35. The van der Waals surface area contributed by atoms with Gasteiger partial charge in [0.1, 0.15) is 0 Å². The number of rotatable bonds is 16. The van der Waals surface area contributed by atoms with E-state index in [4.69, 9.17) is 14.2 Å². The monoisotopic (exact) mass is 446 g/mol. The first-order valence-corrected chi connectivity index (χ1v) is 12.3. The Bertz CT molecular complexity index is 417. The summed E-state index contributed by atoms with van der Waals surface area (Å²) < 4.78 is 17.8. The van der Waals surface area contributed by atoms with Crippen LogP contribution in [0.3, 0.4) is 0 Å². The van der Waals surface area contributed by atoms with Crippen LogP contribution >= 0.6 is 0 Å². The second-order valence-corrected chi connectivity index (χ2v) is 12.3. The van der Waals surface area contributed by atoms with Crippen LogP contribution in [0, 0.1) is 0 Å². The van der Waals surface area contributed by atoms with E-state index in [0.717, 1.165) is 51.7 Å². The summed E-state index contributed by atoms with van der Waals surface area (Å²) in [5.74, 6) is 0. The molecule has 0 aliphatic carbocycles. The number of hydrogen-bond donors (Lipinski definition) is 2. The molecular formula is C26H54O5. The van der Waals surface area contributed by atoms with E-state index in [0.29, 0.717) is 12.8 Å². The lowest BCUT2D eigenvalue weighted by atomic mass is 9.96. The normalized spacial score (nSPS) is 15.9. The maximum atomic E-state index is 10.3. The van der Waals surface area contributed by atoms with Crippen molar-refractivity contribution in [1.29, 1.82) is 0 Å². The molecule has 188 valence electrons. The van der Waals surface area contributed by atoms with Crippen LogP contribution in [0.5, 0.6) is 0 Å².